The number of anilines is 1. The van der Waals surface area contributed by atoms with Gasteiger partial charge in [0.15, 0.2) is 11.5 Å². The van der Waals surface area contributed by atoms with Crippen LogP contribution in [0.25, 0.3) is 0 Å². The summed E-state index contributed by atoms with van der Waals surface area (Å²) in [5, 5.41) is 2.81. The van der Waals surface area contributed by atoms with E-state index in [0.717, 1.165) is 0 Å². The molecule has 0 aliphatic carbocycles. The molecule has 0 bridgehead atoms. The number of methoxy groups -OCH3 is 2. The molecule has 2 heterocycles. The van der Waals surface area contributed by atoms with Crippen molar-refractivity contribution in [3.05, 3.63) is 42.5 Å². The first-order valence-corrected chi connectivity index (χ1v) is 15.3. The van der Waals surface area contributed by atoms with Gasteiger partial charge in [0.05, 0.1) is 29.9 Å². The fraction of sp³-hybridized carbons (Fsp3) is 0.480. The van der Waals surface area contributed by atoms with Gasteiger partial charge in [0.2, 0.25) is 26.0 Å². The summed E-state index contributed by atoms with van der Waals surface area (Å²) in [7, 11) is -2.60. The summed E-state index contributed by atoms with van der Waals surface area (Å²) in [4.78, 5) is 15.3. The Morgan fingerprint density at radius 1 is 0.816 bits per heavy atom. The van der Waals surface area contributed by atoms with Crippen molar-refractivity contribution in [1.82, 2.24) is 13.5 Å². The van der Waals surface area contributed by atoms with Crippen LogP contribution < -0.4 is 14.8 Å². The van der Waals surface area contributed by atoms with Crippen molar-refractivity contribution in [2.45, 2.75) is 22.6 Å². The molecule has 0 saturated carbocycles. The highest BCUT2D eigenvalue weighted by Gasteiger charge is 2.34. The van der Waals surface area contributed by atoms with E-state index in [4.69, 9.17) is 9.47 Å². The second-order valence-corrected chi connectivity index (χ2v) is 13.3. The minimum atomic E-state index is -3.85. The number of carbonyl (C=O) groups is 1. The lowest BCUT2D eigenvalue weighted by Crippen LogP contribution is -2.47. The van der Waals surface area contributed by atoms with Gasteiger partial charge >= 0.3 is 0 Å². The van der Waals surface area contributed by atoms with Crippen molar-refractivity contribution in [2.24, 2.45) is 5.92 Å². The number of piperazine rings is 1. The average Bonchev–Trinajstić information content (AvgIpc) is 2.93. The lowest BCUT2D eigenvalue weighted by Gasteiger charge is -2.31. The fourth-order valence-electron chi connectivity index (χ4n) is 4.63. The van der Waals surface area contributed by atoms with Crippen LogP contribution in [0.2, 0.25) is 0 Å². The number of carbonyl (C=O) groups excluding carboxylic acids is 1. The predicted octanol–water partition coefficient (Wildman–Crippen LogP) is 1.68. The molecule has 1 amide bonds. The van der Waals surface area contributed by atoms with E-state index in [2.05, 4.69) is 10.2 Å². The van der Waals surface area contributed by atoms with Gasteiger partial charge in [-0.15, -0.1) is 0 Å². The second kappa shape index (κ2) is 11.6. The van der Waals surface area contributed by atoms with Crippen LogP contribution in [0.15, 0.2) is 52.3 Å². The van der Waals surface area contributed by atoms with Crippen LogP contribution in [0.5, 0.6) is 11.5 Å². The first kappa shape index (κ1) is 28.3. The number of ether oxygens (including phenoxy) is 2. The van der Waals surface area contributed by atoms with Gasteiger partial charge in [0.1, 0.15) is 0 Å². The minimum Gasteiger partial charge on any atom is -0.493 e. The predicted molar refractivity (Wildman–Crippen MR) is 142 cm³/mol. The Morgan fingerprint density at radius 2 is 1.42 bits per heavy atom. The molecule has 0 spiro atoms. The summed E-state index contributed by atoms with van der Waals surface area (Å²) in [5.74, 6) is -0.137. The zero-order valence-corrected chi connectivity index (χ0v) is 23.4. The molecule has 38 heavy (non-hydrogen) atoms. The number of hydrogen-bond acceptors (Lipinski definition) is 8. The van der Waals surface area contributed by atoms with E-state index in [1.54, 1.807) is 12.1 Å². The Hall–Kier alpha value is -2.71. The van der Waals surface area contributed by atoms with E-state index in [-0.39, 0.29) is 22.2 Å². The lowest BCUT2D eigenvalue weighted by atomic mass is 9.99. The molecule has 2 fully saturated rings. The third kappa shape index (κ3) is 5.96. The van der Waals surface area contributed by atoms with Crippen LogP contribution in [-0.4, -0.2) is 96.8 Å². The molecule has 1 N–H and O–H groups in total. The Morgan fingerprint density at radius 3 is 2.05 bits per heavy atom. The number of benzene rings is 2. The summed E-state index contributed by atoms with van der Waals surface area (Å²) < 4.78 is 65.7. The van der Waals surface area contributed by atoms with E-state index in [0.29, 0.717) is 62.8 Å². The zero-order valence-electron chi connectivity index (χ0n) is 21.8. The standard InChI is InChI=1S/C25H34N4O7S2/c1-27-13-15-28(16-14-27)37(31,32)21-8-6-20(7-9-21)26-25(30)19-5-4-12-29(18-19)38(33,34)22-10-11-23(35-2)24(17-22)36-3/h6-11,17,19H,4-5,12-16,18H2,1-3H3,(H,26,30)/t19-/m1/s1. The largest absolute Gasteiger partial charge is 0.493 e. The number of rotatable bonds is 8. The Bertz CT molecular complexity index is 1360. The molecule has 11 nitrogen and oxygen atoms in total. The van der Waals surface area contributed by atoms with Crippen molar-refractivity contribution < 1.29 is 31.1 Å². The second-order valence-electron chi connectivity index (χ2n) is 9.44. The van der Waals surface area contributed by atoms with Crippen LogP contribution in [-0.2, 0) is 24.8 Å². The molecule has 0 radical (unpaired) electrons. The van der Waals surface area contributed by atoms with Crippen LogP contribution in [0, 0.1) is 5.92 Å². The molecular formula is C25H34N4O7S2. The topological polar surface area (TPSA) is 126 Å². The SMILES string of the molecule is COc1ccc(S(=O)(=O)N2CCC[C@@H](C(=O)Nc3ccc(S(=O)(=O)N4CCN(C)CC4)cc3)C2)cc1OC. The van der Waals surface area contributed by atoms with Crippen LogP contribution in [0.3, 0.4) is 0 Å². The average molecular weight is 567 g/mol. The number of likely N-dealkylation sites (N-methyl/N-ethyl adjacent to an activating group) is 1. The van der Waals surface area contributed by atoms with Gasteiger partial charge in [0, 0.05) is 51.0 Å². The highest BCUT2D eigenvalue weighted by molar-refractivity contribution is 7.89. The molecule has 4 rings (SSSR count). The van der Waals surface area contributed by atoms with Gasteiger partial charge in [-0.2, -0.15) is 8.61 Å². The highest BCUT2D eigenvalue weighted by Crippen LogP contribution is 2.32. The number of amides is 1. The van der Waals surface area contributed by atoms with E-state index >= 15 is 0 Å². The van der Waals surface area contributed by atoms with Crippen LogP contribution in [0.4, 0.5) is 5.69 Å². The molecule has 2 aromatic rings. The molecule has 2 aromatic carbocycles. The molecule has 0 aromatic heterocycles. The molecular weight excluding hydrogens is 532 g/mol. The lowest BCUT2D eigenvalue weighted by molar-refractivity contribution is -0.120. The zero-order chi connectivity index (χ0) is 27.5. The van der Waals surface area contributed by atoms with Gasteiger partial charge < -0.3 is 19.7 Å². The Kier molecular flexibility index (Phi) is 8.62. The van der Waals surface area contributed by atoms with E-state index < -0.39 is 26.0 Å². The summed E-state index contributed by atoms with van der Waals surface area (Å²) >= 11 is 0. The summed E-state index contributed by atoms with van der Waals surface area (Å²) in [6, 6.07) is 10.5. The minimum absolute atomic E-state index is 0.0401. The molecule has 2 saturated heterocycles. The number of sulfonamides is 2. The van der Waals surface area contributed by atoms with E-state index in [9.17, 15) is 21.6 Å². The van der Waals surface area contributed by atoms with Gasteiger partial charge in [-0.25, -0.2) is 16.8 Å². The van der Waals surface area contributed by atoms with Crippen LogP contribution in [0.1, 0.15) is 12.8 Å². The van der Waals surface area contributed by atoms with Gasteiger partial charge in [-0.3, -0.25) is 4.79 Å². The first-order valence-electron chi connectivity index (χ1n) is 12.4. The third-order valence-electron chi connectivity index (χ3n) is 6.97. The van der Waals surface area contributed by atoms with E-state index in [1.165, 1.54) is 53.2 Å². The number of nitrogens with one attached hydrogen (secondary N) is 1. The molecule has 13 heteroatoms. The Balaban J connectivity index is 1.41. The molecule has 2 aliphatic heterocycles. The van der Waals surface area contributed by atoms with Crippen molar-refractivity contribution >= 4 is 31.6 Å². The Labute approximate surface area is 224 Å². The molecule has 0 unspecified atom stereocenters. The van der Waals surface area contributed by atoms with E-state index in [1.807, 2.05) is 7.05 Å². The van der Waals surface area contributed by atoms with Crippen LogP contribution >= 0.6 is 0 Å². The number of piperidine rings is 1. The van der Waals surface area contributed by atoms with Gasteiger partial charge in [-0.05, 0) is 56.3 Å². The normalized spacial score (nSPS) is 20.1. The van der Waals surface area contributed by atoms with Crippen molar-refractivity contribution in [3.8, 4) is 11.5 Å². The molecule has 208 valence electrons. The molecule has 1 atom stereocenters. The third-order valence-corrected chi connectivity index (χ3v) is 10.7. The summed E-state index contributed by atoms with van der Waals surface area (Å²) in [6.07, 6.45) is 1.08. The van der Waals surface area contributed by atoms with Gasteiger partial charge in [0.25, 0.3) is 0 Å². The first-order chi connectivity index (χ1) is 18.1. The number of nitrogens with zero attached hydrogens (tertiary/aromatic N) is 3. The molecule has 2 aliphatic rings. The summed E-state index contributed by atoms with van der Waals surface area (Å²) in [6.45, 7) is 2.56. The fourth-order valence-corrected chi connectivity index (χ4v) is 7.59. The van der Waals surface area contributed by atoms with Crippen molar-refractivity contribution in [3.63, 3.8) is 0 Å². The smallest absolute Gasteiger partial charge is 0.243 e. The highest BCUT2D eigenvalue weighted by atomic mass is 32.2. The maximum Gasteiger partial charge on any atom is 0.243 e. The number of hydrogen-bond donors (Lipinski definition) is 1. The maximum absolute atomic E-state index is 13.3. The van der Waals surface area contributed by atoms with Crippen molar-refractivity contribution in [2.75, 3.05) is 65.9 Å². The van der Waals surface area contributed by atoms with Gasteiger partial charge in [-0.1, -0.05) is 0 Å². The maximum atomic E-state index is 13.3. The van der Waals surface area contributed by atoms with Crippen molar-refractivity contribution in [1.29, 1.82) is 0 Å². The quantitative estimate of drug-likeness (QED) is 0.512. The summed E-state index contributed by atoms with van der Waals surface area (Å²) in [5.41, 5.74) is 0.451. The monoisotopic (exact) mass is 566 g/mol.